The molecule has 2 aliphatic rings. The van der Waals surface area contributed by atoms with Crippen molar-refractivity contribution in [1.82, 2.24) is 4.90 Å². The summed E-state index contributed by atoms with van der Waals surface area (Å²) >= 11 is 0. The Morgan fingerprint density at radius 1 is 1.14 bits per heavy atom. The van der Waals surface area contributed by atoms with Crippen LogP contribution in [0.5, 0.6) is 5.75 Å². The highest BCUT2D eigenvalue weighted by Gasteiger charge is 2.41. The highest BCUT2D eigenvalue weighted by molar-refractivity contribution is 5.77. The van der Waals surface area contributed by atoms with E-state index in [0.29, 0.717) is 24.8 Å². The molecule has 1 unspecified atom stereocenters. The molecule has 0 saturated carbocycles. The normalized spacial score (nSPS) is 21.1. The van der Waals surface area contributed by atoms with E-state index in [1.807, 2.05) is 41.3 Å². The monoisotopic (exact) mass is 397 g/mol. The van der Waals surface area contributed by atoms with Gasteiger partial charge in [-0.25, -0.2) is 4.39 Å². The molecule has 0 aromatic heterocycles. The minimum absolute atomic E-state index is 0.0239. The number of hydrogen-bond donors (Lipinski definition) is 0. The zero-order valence-electron chi connectivity index (χ0n) is 16.7. The lowest BCUT2D eigenvalue weighted by Gasteiger charge is -2.46. The fraction of sp³-hybridized carbons (Fsp3) is 0.458. The van der Waals surface area contributed by atoms with Gasteiger partial charge in [-0.1, -0.05) is 30.3 Å². The van der Waals surface area contributed by atoms with Crippen molar-refractivity contribution < 1.29 is 18.7 Å². The van der Waals surface area contributed by atoms with Crippen LogP contribution >= 0.6 is 0 Å². The van der Waals surface area contributed by atoms with Gasteiger partial charge < -0.3 is 14.4 Å². The average molecular weight is 397 g/mol. The Bertz CT molecular complexity index is 818. The van der Waals surface area contributed by atoms with Crippen molar-refractivity contribution in [2.24, 2.45) is 5.92 Å². The molecule has 0 radical (unpaired) electrons. The van der Waals surface area contributed by atoms with Crippen LogP contribution in [0.1, 0.15) is 31.2 Å². The maximum Gasteiger partial charge on any atom is 0.260 e. The van der Waals surface area contributed by atoms with Gasteiger partial charge in [-0.15, -0.1) is 0 Å². The number of carbonyl (C=O) groups is 1. The number of piperidine rings is 1. The maximum atomic E-state index is 13.5. The minimum atomic E-state index is -0.172. The van der Waals surface area contributed by atoms with Gasteiger partial charge in [-0.3, -0.25) is 4.79 Å². The molecule has 5 heteroatoms. The number of para-hydroxylation sites is 1. The summed E-state index contributed by atoms with van der Waals surface area (Å²) < 4.78 is 25.3. The van der Waals surface area contributed by atoms with Crippen LogP contribution in [0.15, 0.2) is 54.6 Å². The van der Waals surface area contributed by atoms with Crippen LogP contribution in [0.4, 0.5) is 4.39 Å². The molecule has 2 aliphatic heterocycles. The molecular formula is C24H28FNO3. The molecular weight excluding hydrogens is 369 g/mol. The molecule has 0 aliphatic carbocycles. The van der Waals surface area contributed by atoms with Gasteiger partial charge in [0.1, 0.15) is 11.6 Å². The van der Waals surface area contributed by atoms with E-state index in [1.54, 1.807) is 12.1 Å². The second kappa shape index (κ2) is 8.95. The molecule has 2 aromatic carbocycles. The molecule has 2 heterocycles. The second-order valence-corrected chi connectivity index (χ2v) is 8.21. The Hall–Kier alpha value is -2.40. The van der Waals surface area contributed by atoms with Crippen molar-refractivity contribution >= 4 is 5.91 Å². The van der Waals surface area contributed by atoms with E-state index in [-0.39, 0.29) is 23.9 Å². The van der Waals surface area contributed by atoms with E-state index in [9.17, 15) is 9.18 Å². The lowest BCUT2D eigenvalue weighted by molar-refractivity contribution is -0.148. The number of nitrogens with zero attached hydrogens (tertiary/aromatic N) is 1. The van der Waals surface area contributed by atoms with Crippen molar-refractivity contribution in [3.63, 3.8) is 0 Å². The standard InChI is InChI=1S/C24H28FNO3/c25-21-6-4-5-19(16-21)15-20-9-14-29-24(17-20)10-12-26(13-11-24)23(27)18-28-22-7-2-1-3-8-22/h1-8,16,20H,9-15,17-18H2. The zero-order valence-corrected chi connectivity index (χ0v) is 16.7. The predicted octanol–water partition coefficient (Wildman–Crippen LogP) is 4.24. The van der Waals surface area contributed by atoms with Gasteiger partial charge in [-0.05, 0) is 67.9 Å². The van der Waals surface area contributed by atoms with Crippen LogP contribution in [-0.4, -0.2) is 42.7 Å². The average Bonchev–Trinajstić information content (AvgIpc) is 2.73. The number of rotatable bonds is 5. The van der Waals surface area contributed by atoms with E-state index in [1.165, 1.54) is 6.07 Å². The number of halogens is 1. The number of ether oxygens (including phenoxy) is 2. The van der Waals surface area contributed by atoms with E-state index < -0.39 is 0 Å². The van der Waals surface area contributed by atoms with E-state index in [0.717, 1.165) is 44.3 Å². The van der Waals surface area contributed by atoms with Crippen LogP contribution in [0.25, 0.3) is 0 Å². The van der Waals surface area contributed by atoms with Gasteiger partial charge in [0.25, 0.3) is 5.91 Å². The van der Waals surface area contributed by atoms with E-state index in [4.69, 9.17) is 9.47 Å². The van der Waals surface area contributed by atoms with Crippen LogP contribution < -0.4 is 4.74 Å². The topological polar surface area (TPSA) is 38.8 Å². The summed E-state index contributed by atoms with van der Waals surface area (Å²) in [4.78, 5) is 14.4. The molecule has 4 nitrogen and oxygen atoms in total. The number of benzene rings is 2. The summed E-state index contributed by atoms with van der Waals surface area (Å²) in [5.41, 5.74) is 0.908. The summed E-state index contributed by atoms with van der Waals surface area (Å²) in [7, 11) is 0. The highest BCUT2D eigenvalue weighted by atomic mass is 19.1. The lowest BCUT2D eigenvalue weighted by atomic mass is 9.77. The van der Waals surface area contributed by atoms with Crippen LogP contribution in [0, 0.1) is 11.7 Å². The Morgan fingerprint density at radius 3 is 2.69 bits per heavy atom. The third-order valence-electron chi connectivity index (χ3n) is 6.14. The highest BCUT2D eigenvalue weighted by Crippen LogP contribution is 2.38. The molecule has 2 saturated heterocycles. The smallest absolute Gasteiger partial charge is 0.260 e. The number of hydrogen-bond acceptors (Lipinski definition) is 3. The number of likely N-dealkylation sites (tertiary alicyclic amines) is 1. The largest absolute Gasteiger partial charge is 0.484 e. The van der Waals surface area contributed by atoms with Crippen LogP contribution in [0.3, 0.4) is 0 Å². The van der Waals surface area contributed by atoms with Crippen LogP contribution in [0.2, 0.25) is 0 Å². The fourth-order valence-corrected chi connectivity index (χ4v) is 4.57. The van der Waals surface area contributed by atoms with Crippen molar-refractivity contribution in [3.05, 3.63) is 66.0 Å². The summed E-state index contributed by atoms with van der Waals surface area (Å²) in [6.45, 7) is 2.21. The van der Waals surface area contributed by atoms with Gasteiger partial charge in [0.05, 0.1) is 5.60 Å². The first-order valence-electron chi connectivity index (χ1n) is 10.5. The van der Waals surface area contributed by atoms with Gasteiger partial charge in [-0.2, -0.15) is 0 Å². The van der Waals surface area contributed by atoms with Gasteiger partial charge >= 0.3 is 0 Å². The molecule has 154 valence electrons. The van der Waals surface area contributed by atoms with E-state index >= 15 is 0 Å². The molecule has 4 rings (SSSR count). The second-order valence-electron chi connectivity index (χ2n) is 8.21. The SMILES string of the molecule is O=C(COc1ccccc1)N1CCC2(CC1)CC(Cc1cccc(F)c1)CCO2. The molecule has 29 heavy (non-hydrogen) atoms. The predicted molar refractivity (Wildman–Crippen MR) is 109 cm³/mol. The van der Waals surface area contributed by atoms with Crippen molar-refractivity contribution in [3.8, 4) is 5.75 Å². The summed E-state index contributed by atoms with van der Waals surface area (Å²) in [5.74, 6) is 1.06. The molecule has 1 spiro atoms. The van der Waals surface area contributed by atoms with Gasteiger partial charge in [0.2, 0.25) is 0 Å². The third kappa shape index (κ3) is 5.15. The number of amides is 1. The Labute approximate surface area is 171 Å². The van der Waals surface area contributed by atoms with Crippen molar-refractivity contribution in [2.45, 2.75) is 37.7 Å². The van der Waals surface area contributed by atoms with Gasteiger partial charge in [0, 0.05) is 19.7 Å². The summed E-state index contributed by atoms with van der Waals surface area (Å²) in [6.07, 6.45) is 4.57. The lowest BCUT2D eigenvalue weighted by Crippen LogP contribution is -2.51. The molecule has 0 N–H and O–H groups in total. The minimum Gasteiger partial charge on any atom is -0.484 e. The number of carbonyl (C=O) groups excluding carboxylic acids is 1. The first kappa shape index (κ1) is 19.9. The summed E-state index contributed by atoms with van der Waals surface area (Å²) in [6, 6.07) is 16.3. The molecule has 1 amide bonds. The van der Waals surface area contributed by atoms with Crippen molar-refractivity contribution in [2.75, 3.05) is 26.3 Å². The Kier molecular flexibility index (Phi) is 6.14. The van der Waals surface area contributed by atoms with Gasteiger partial charge in [0.15, 0.2) is 6.61 Å². The molecule has 2 fully saturated rings. The Morgan fingerprint density at radius 2 is 1.93 bits per heavy atom. The quantitative estimate of drug-likeness (QED) is 0.758. The third-order valence-corrected chi connectivity index (χ3v) is 6.14. The van der Waals surface area contributed by atoms with Crippen LogP contribution in [-0.2, 0) is 16.0 Å². The fourth-order valence-electron chi connectivity index (χ4n) is 4.57. The van der Waals surface area contributed by atoms with Crippen molar-refractivity contribution in [1.29, 1.82) is 0 Å². The molecule has 1 atom stereocenters. The molecule has 0 bridgehead atoms. The zero-order chi connectivity index (χ0) is 20.1. The summed E-state index contributed by atoms with van der Waals surface area (Å²) in [5, 5.41) is 0. The Balaban J connectivity index is 1.28. The first-order chi connectivity index (χ1) is 14.1. The maximum absolute atomic E-state index is 13.5. The first-order valence-corrected chi connectivity index (χ1v) is 10.5. The molecule has 2 aromatic rings. The van der Waals surface area contributed by atoms with E-state index in [2.05, 4.69) is 0 Å².